The first-order valence-electron chi connectivity index (χ1n) is 6.24. The number of hydrogen-bond donors (Lipinski definition) is 2. The van der Waals surface area contributed by atoms with Gasteiger partial charge in [0.15, 0.2) is 5.78 Å². The van der Waals surface area contributed by atoms with Crippen molar-refractivity contribution in [3.05, 3.63) is 65.2 Å². The average molecular weight is 269 g/mol. The zero-order chi connectivity index (χ0) is 14.5. The van der Waals surface area contributed by atoms with Crippen molar-refractivity contribution in [2.75, 3.05) is 0 Å². The molecule has 0 radical (unpaired) electrons. The van der Waals surface area contributed by atoms with Crippen LogP contribution < -0.4 is 5.32 Å². The van der Waals surface area contributed by atoms with Gasteiger partial charge in [-0.1, -0.05) is 30.3 Å². The Morgan fingerprint density at radius 3 is 2.45 bits per heavy atom. The highest BCUT2D eigenvalue weighted by Crippen LogP contribution is 2.19. The lowest BCUT2D eigenvalue weighted by Gasteiger charge is -2.08. The Balaban J connectivity index is 2.13. The van der Waals surface area contributed by atoms with Crippen molar-refractivity contribution in [3.63, 3.8) is 0 Å². The number of rotatable bonds is 4. The lowest BCUT2D eigenvalue weighted by molar-refractivity contribution is 0.0948. The first-order chi connectivity index (χ1) is 9.58. The lowest BCUT2D eigenvalue weighted by Crippen LogP contribution is -2.23. The summed E-state index contributed by atoms with van der Waals surface area (Å²) in [5, 5.41) is 12.4. The van der Waals surface area contributed by atoms with Gasteiger partial charge in [0.25, 0.3) is 5.91 Å². The van der Waals surface area contributed by atoms with Gasteiger partial charge in [0.1, 0.15) is 5.75 Å². The third-order valence-electron chi connectivity index (χ3n) is 2.94. The number of nitrogens with one attached hydrogen (secondary N) is 1. The van der Waals surface area contributed by atoms with Gasteiger partial charge in [-0.05, 0) is 30.7 Å². The molecule has 0 atom stereocenters. The monoisotopic (exact) mass is 269 g/mol. The molecule has 1 amide bonds. The molecule has 0 aliphatic rings. The fraction of sp³-hybridized carbons (Fsp3) is 0.125. The molecule has 0 spiro atoms. The SMILES string of the molecule is CC(=O)c1ccc(O)c(C(=O)NCc2ccccc2)c1. The Morgan fingerprint density at radius 2 is 1.80 bits per heavy atom. The van der Waals surface area contributed by atoms with Crippen LogP contribution >= 0.6 is 0 Å². The lowest BCUT2D eigenvalue weighted by atomic mass is 10.1. The van der Waals surface area contributed by atoms with Gasteiger partial charge in [-0.25, -0.2) is 0 Å². The number of phenols is 1. The minimum absolute atomic E-state index is 0.105. The van der Waals surface area contributed by atoms with Crippen molar-refractivity contribution in [2.45, 2.75) is 13.5 Å². The molecule has 2 aromatic rings. The molecule has 2 N–H and O–H groups in total. The minimum atomic E-state index is -0.408. The predicted molar refractivity (Wildman–Crippen MR) is 75.7 cm³/mol. The van der Waals surface area contributed by atoms with Crippen LogP contribution in [-0.2, 0) is 6.54 Å². The van der Waals surface area contributed by atoms with Gasteiger partial charge >= 0.3 is 0 Å². The Labute approximate surface area is 117 Å². The Kier molecular flexibility index (Phi) is 4.15. The van der Waals surface area contributed by atoms with E-state index >= 15 is 0 Å². The average Bonchev–Trinajstić information content (AvgIpc) is 2.46. The number of aromatic hydroxyl groups is 1. The van der Waals surface area contributed by atoms with Crippen molar-refractivity contribution < 1.29 is 14.7 Å². The van der Waals surface area contributed by atoms with Gasteiger partial charge in [0.2, 0.25) is 0 Å². The van der Waals surface area contributed by atoms with Gasteiger partial charge in [0.05, 0.1) is 5.56 Å². The zero-order valence-electron chi connectivity index (χ0n) is 11.1. The first-order valence-corrected chi connectivity index (χ1v) is 6.24. The fourth-order valence-corrected chi connectivity index (χ4v) is 1.81. The van der Waals surface area contributed by atoms with Crippen molar-refractivity contribution in [1.29, 1.82) is 0 Å². The maximum absolute atomic E-state index is 12.0. The van der Waals surface area contributed by atoms with E-state index in [4.69, 9.17) is 0 Å². The Hall–Kier alpha value is -2.62. The summed E-state index contributed by atoms with van der Waals surface area (Å²) in [5.41, 5.74) is 1.46. The molecule has 0 fully saturated rings. The molecule has 0 aliphatic carbocycles. The summed E-state index contributed by atoms with van der Waals surface area (Å²) in [6.45, 7) is 1.78. The third kappa shape index (κ3) is 3.23. The van der Waals surface area contributed by atoms with Gasteiger partial charge < -0.3 is 10.4 Å². The maximum Gasteiger partial charge on any atom is 0.255 e. The summed E-state index contributed by atoms with van der Waals surface area (Å²) in [6, 6.07) is 13.7. The molecule has 102 valence electrons. The molecule has 2 aromatic carbocycles. The number of Topliss-reactive ketones (excluding diaryl/α,β-unsaturated/α-hetero) is 1. The smallest absolute Gasteiger partial charge is 0.255 e. The van der Waals surface area contributed by atoms with Crippen molar-refractivity contribution in [1.82, 2.24) is 5.32 Å². The van der Waals surface area contributed by atoms with E-state index in [0.29, 0.717) is 12.1 Å². The van der Waals surface area contributed by atoms with Crippen molar-refractivity contribution >= 4 is 11.7 Å². The van der Waals surface area contributed by atoms with E-state index in [-0.39, 0.29) is 17.1 Å². The highest BCUT2D eigenvalue weighted by atomic mass is 16.3. The molecule has 0 saturated carbocycles. The van der Waals surface area contributed by atoms with Crippen LogP contribution in [-0.4, -0.2) is 16.8 Å². The molecule has 4 nitrogen and oxygen atoms in total. The Morgan fingerprint density at radius 1 is 1.10 bits per heavy atom. The fourth-order valence-electron chi connectivity index (χ4n) is 1.81. The molecule has 4 heteroatoms. The van der Waals surface area contributed by atoms with Gasteiger partial charge in [0, 0.05) is 12.1 Å². The third-order valence-corrected chi connectivity index (χ3v) is 2.94. The maximum atomic E-state index is 12.0. The molecule has 2 rings (SSSR count). The topological polar surface area (TPSA) is 66.4 Å². The van der Waals surface area contributed by atoms with Crippen LogP contribution in [0.1, 0.15) is 33.2 Å². The van der Waals surface area contributed by atoms with Crippen LogP contribution in [0.15, 0.2) is 48.5 Å². The van der Waals surface area contributed by atoms with E-state index in [1.54, 1.807) is 0 Å². The molecular weight excluding hydrogens is 254 g/mol. The van der Waals surface area contributed by atoms with E-state index in [2.05, 4.69) is 5.32 Å². The van der Waals surface area contributed by atoms with Gasteiger partial charge in [-0.15, -0.1) is 0 Å². The summed E-state index contributed by atoms with van der Waals surface area (Å²) in [4.78, 5) is 23.3. The van der Waals surface area contributed by atoms with Gasteiger partial charge in [-0.3, -0.25) is 9.59 Å². The minimum Gasteiger partial charge on any atom is -0.507 e. The summed E-state index contributed by atoms with van der Waals surface area (Å²) in [6.07, 6.45) is 0. The number of amides is 1. The molecule has 0 aromatic heterocycles. The number of phenolic OH excluding ortho intramolecular Hbond substituents is 1. The number of ketones is 1. The van der Waals surface area contributed by atoms with Crippen LogP contribution in [0.2, 0.25) is 0 Å². The van der Waals surface area contributed by atoms with E-state index in [1.165, 1.54) is 25.1 Å². The highest BCUT2D eigenvalue weighted by molar-refractivity contribution is 6.01. The first kappa shape index (κ1) is 13.8. The zero-order valence-corrected chi connectivity index (χ0v) is 11.1. The van der Waals surface area contributed by atoms with Crippen molar-refractivity contribution in [3.8, 4) is 5.75 Å². The van der Waals surface area contributed by atoms with Crippen LogP contribution in [0.5, 0.6) is 5.75 Å². The standard InChI is InChI=1S/C16H15NO3/c1-11(18)13-7-8-15(19)14(9-13)16(20)17-10-12-5-3-2-4-6-12/h2-9,19H,10H2,1H3,(H,17,20). The number of carbonyl (C=O) groups excluding carboxylic acids is 2. The van der Waals surface area contributed by atoms with Crippen LogP contribution in [0.4, 0.5) is 0 Å². The van der Waals surface area contributed by atoms with Crippen LogP contribution in [0.3, 0.4) is 0 Å². The summed E-state index contributed by atoms with van der Waals surface area (Å²) in [5.74, 6) is -0.697. The number of benzene rings is 2. The summed E-state index contributed by atoms with van der Waals surface area (Å²) >= 11 is 0. The molecule has 20 heavy (non-hydrogen) atoms. The largest absolute Gasteiger partial charge is 0.507 e. The molecule has 0 saturated heterocycles. The second-order valence-corrected chi connectivity index (χ2v) is 4.46. The summed E-state index contributed by atoms with van der Waals surface area (Å²) in [7, 11) is 0. The molecule has 0 bridgehead atoms. The van der Waals surface area contributed by atoms with Crippen LogP contribution in [0, 0.1) is 0 Å². The second-order valence-electron chi connectivity index (χ2n) is 4.46. The highest BCUT2D eigenvalue weighted by Gasteiger charge is 2.13. The summed E-state index contributed by atoms with van der Waals surface area (Å²) < 4.78 is 0. The molecule has 0 unspecified atom stereocenters. The quantitative estimate of drug-likeness (QED) is 0.838. The number of hydrogen-bond acceptors (Lipinski definition) is 3. The van der Waals surface area contributed by atoms with Crippen molar-refractivity contribution in [2.24, 2.45) is 0 Å². The van der Waals surface area contributed by atoms with E-state index in [1.807, 2.05) is 30.3 Å². The molecule has 0 heterocycles. The van der Waals surface area contributed by atoms with E-state index in [0.717, 1.165) is 5.56 Å². The molecular formula is C16H15NO3. The van der Waals surface area contributed by atoms with E-state index in [9.17, 15) is 14.7 Å². The Bertz CT molecular complexity index is 635. The normalized spacial score (nSPS) is 10.1. The molecule has 0 aliphatic heterocycles. The number of carbonyl (C=O) groups is 2. The van der Waals surface area contributed by atoms with E-state index < -0.39 is 5.91 Å². The van der Waals surface area contributed by atoms with Gasteiger partial charge in [-0.2, -0.15) is 0 Å². The second kappa shape index (κ2) is 6.02. The predicted octanol–water partition coefficient (Wildman–Crippen LogP) is 2.52. The van der Waals surface area contributed by atoms with Crippen LogP contribution in [0.25, 0.3) is 0 Å².